The maximum Gasteiger partial charge on any atom is -0.0320 e. The van der Waals surface area contributed by atoms with Crippen LogP contribution in [0.1, 0.15) is 39.5 Å². The molecule has 1 saturated carbocycles. The minimum absolute atomic E-state index is 1.02. The molecule has 1 fully saturated rings. The normalized spacial score (nSPS) is 30.2. The van der Waals surface area contributed by atoms with Gasteiger partial charge in [0.2, 0.25) is 0 Å². The van der Waals surface area contributed by atoms with E-state index in [0.717, 1.165) is 11.8 Å². The molecule has 10 heavy (non-hydrogen) atoms. The van der Waals surface area contributed by atoms with E-state index in [0.29, 0.717) is 0 Å². The zero-order valence-corrected chi connectivity index (χ0v) is 7.19. The molecule has 0 heteroatoms. The van der Waals surface area contributed by atoms with E-state index in [1.165, 1.54) is 31.3 Å². The molecule has 0 bridgehead atoms. The van der Waals surface area contributed by atoms with Crippen molar-refractivity contribution in [1.29, 1.82) is 0 Å². The van der Waals surface area contributed by atoms with Crippen molar-refractivity contribution >= 4 is 0 Å². The van der Waals surface area contributed by atoms with Gasteiger partial charge in [0.25, 0.3) is 0 Å². The van der Waals surface area contributed by atoms with Gasteiger partial charge in [0.15, 0.2) is 0 Å². The molecular weight excluding hydrogens is 120 g/mol. The molecule has 0 spiro atoms. The Morgan fingerprint density at radius 1 is 1.60 bits per heavy atom. The van der Waals surface area contributed by atoms with E-state index in [-0.39, 0.29) is 0 Å². The number of hydrogen-bond donors (Lipinski definition) is 0. The summed E-state index contributed by atoms with van der Waals surface area (Å²) in [5, 5.41) is 0. The van der Waals surface area contributed by atoms with Crippen LogP contribution in [0.3, 0.4) is 0 Å². The lowest BCUT2D eigenvalue weighted by Gasteiger charge is -1.99. The van der Waals surface area contributed by atoms with Crippen molar-refractivity contribution in [2.75, 3.05) is 0 Å². The van der Waals surface area contributed by atoms with E-state index in [1.807, 2.05) is 0 Å². The van der Waals surface area contributed by atoms with E-state index in [9.17, 15) is 0 Å². The summed E-state index contributed by atoms with van der Waals surface area (Å²) in [4.78, 5) is 0. The van der Waals surface area contributed by atoms with Gasteiger partial charge in [0.1, 0.15) is 0 Å². The fraction of sp³-hybridized carbons (Fsp3) is 0.800. The Morgan fingerprint density at radius 3 is 2.60 bits per heavy atom. The van der Waals surface area contributed by atoms with E-state index >= 15 is 0 Å². The first-order valence-electron chi connectivity index (χ1n) is 4.40. The van der Waals surface area contributed by atoms with E-state index < -0.39 is 0 Å². The minimum Gasteiger partial charge on any atom is -0.0999 e. The highest BCUT2D eigenvalue weighted by Crippen LogP contribution is 2.41. The van der Waals surface area contributed by atoms with Crippen LogP contribution in [0.25, 0.3) is 0 Å². The van der Waals surface area contributed by atoms with Gasteiger partial charge in [-0.25, -0.2) is 0 Å². The molecule has 0 radical (unpaired) electrons. The van der Waals surface area contributed by atoms with Crippen LogP contribution in [0.2, 0.25) is 0 Å². The van der Waals surface area contributed by atoms with Gasteiger partial charge in [-0.05, 0) is 37.5 Å². The fourth-order valence-electron chi connectivity index (χ4n) is 1.37. The van der Waals surface area contributed by atoms with Crippen LogP contribution in [-0.4, -0.2) is 0 Å². The standard InChI is InChI=1S/C10H18/c1-4-8(2)5-6-10-7-9(10)3/h9-10H,2,4-7H2,1,3H3. The third kappa shape index (κ3) is 2.17. The van der Waals surface area contributed by atoms with Crippen LogP contribution in [0, 0.1) is 11.8 Å². The summed E-state index contributed by atoms with van der Waals surface area (Å²) in [6, 6.07) is 0. The maximum absolute atomic E-state index is 4.00. The predicted molar refractivity (Wildman–Crippen MR) is 45.9 cm³/mol. The molecule has 58 valence electrons. The number of allylic oxidation sites excluding steroid dienone is 1. The van der Waals surface area contributed by atoms with Gasteiger partial charge in [0.05, 0.1) is 0 Å². The molecule has 2 atom stereocenters. The fourth-order valence-corrected chi connectivity index (χ4v) is 1.37. The largest absolute Gasteiger partial charge is 0.0999 e. The van der Waals surface area contributed by atoms with Crippen molar-refractivity contribution < 1.29 is 0 Å². The molecule has 0 amide bonds. The SMILES string of the molecule is C=C(CC)CCC1CC1C. The summed E-state index contributed by atoms with van der Waals surface area (Å²) in [6.45, 7) is 8.54. The molecule has 0 aliphatic heterocycles. The monoisotopic (exact) mass is 138 g/mol. The zero-order chi connectivity index (χ0) is 7.56. The highest BCUT2D eigenvalue weighted by atomic mass is 14.4. The highest BCUT2D eigenvalue weighted by molar-refractivity contribution is 4.95. The van der Waals surface area contributed by atoms with Crippen molar-refractivity contribution in [3.8, 4) is 0 Å². The Labute approximate surface area is 64.3 Å². The van der Waals surface area contributed by atoms with Gasteiger partial charge in [-0.3, -0.25) is 0 Å². The van der Waals surface area contributed by atoms with Crippen LogP contribution in [0.15, 0.2) is 12.2 Å². The summed E-state index contributed by atoms with van der Waals surface area (Å²) in [5.41, 5.74) is 1.43. The molecule has 0 saturated heterocycles. The summed E-state index contributed by atoms with van der Waals surface area (Å²) < 4.78 is 0. The molecular formula is C10H18. The molecule has 0 aromatic rings. The average molecular weight is 138 g/mol. The van der Waals surface area contributed by atoms with Crippen LogP contribution < -0.4 is 0 Å². The average Bonchev–Trinajstić information content (AvgIpc) is 2.61. The van der Waals surface area contributed by atoms with Crippen LogP contribution in [0.5, 0.6) is 0 Å². The number of hydrogen-bond acceptors (Lipinski definition) is 0. The van der Waals surface area contributed by atoms with Gasteiger partial charge < -0.3 is 0 Å². The first-order chi connectivity index (χ1) is 4.74. The Kier molecular flexibility index (Phi) is 2.53. The first kappa shape index (κ1) is 7.84. The second-order valence-electron chi connectivity index (χ2n) is 3.62. The molecule has 0 N–H and O–H groups in total. The van der Waals surface area contributed by atoms with E-state index in [4.69, 9.17) is 0 Å². The van der Waals surface area contributed by atoms with Gasteiger partial charge in [0, 0.05) is 0 Å². The molecule has 0 aromatic carbocycles. The van der Waals surface area contributed by atoms with Gasteiger partial charge in [-0.2, -0.15) is 0 Å². The van der Waals surface area contributed by atoms with Gasteiger partial charge >= 0.3 is 0 Å². The molecule has 2 unspecified atom stereocenters. The topological polar surface area (TPSA) is 0 Å². The predicted octanol–water partition coefficient (Wildman–Crippen LogP) is 3.39. The number of rotatable bonds is 4. The third-order valence-electron chi connectivity index (χ3n) is 2.64. The van der Waals surface area contributed by atoms with Crippen molar-refractivity contribution in [3.05, 3.63) is 12.2 Å². The van der Waals surface area contributed by atoms with Crippen LogP contribution in [-0.2, 0) is 0 Å². The summed E-state index contributed by atoms with van der Waals surface area (Å²) in [5.74, 6) is 2.06. The Bertz CT molecular complexity index is 124. The van der Waals surface area contributed by atoms with E-state index in [1.54, 1.807) is 0 Å². The lowest BCUT2D eigenvalue weighted by molar-refractivity contribution is 0.662. The molecule has 0 nitrogen and oxygen atoms in total. The van der Waals surface area contributed by atoms with Gasteiger partial charge in [-0.15, -0.1) is 0 Å². The Balaban J connectivity index is 2.00. The highest BCUT2D eigenvalue weighted by Gasteiger charge is 2.31. The first-order valence-corrected chi connectivity index (χ1v) is 4.40. The van der Waals surface area contributed by atoms with Gasteiger partial charge in [-0.1, -0.05) is 26.0 Å². The molecule has 1 aliphatic carbocycles. The smallest absolute Gasteiger partial charge is 0.0320 e. The minimum atomic E-state index is 1.02. The van der Waals surface area contributed by atoms with Crippen molar-refractivity contribution in [2.45, 2.75) is 39.5 Å². The van der Waals surface area contributed by atoms with Crippen LogP contribution >= 0.6 is 0 Å². The Hall–Kier alpha value is -0.260. The van der Waals surface area contributed by atoms with Crippen molar-refractivity contribution in [3.63, 3.8) is 0 Å². The molecule has 0 heterocycles. The zero-order valence-electron chi connectivity index (χ0n) is 7.19. The molecule has 1 aliphatic rings. The second-order valence-corrected chi connectivity index (χ2v) is 3.62. The summed E-state index contributed by atoms with van der Waals surface area (Å²) >= 11 is 0. The molecule has 1 rings (SSSR count). The quantitative estimate of drug-likeness (QED) is 0.522. The summed E-state index contributed by atoms with van der Waals surface area (Å²) in [6.07, 6.45) is 5.30. The van der Waals surface area contributed by atoms with Crippen LogP contribution in [0.4, 0.5) is 0 Å². The third-order valence-corrected chi connectivity index (χ3v) is 2.64. The Morgan fingerprint density at radius 2 is 2.20 bits per heavy atom. The lowest BCUT2D eigenvalue weighted by atomic mass is 10.1. The van der Waals surface area contributed by atoms with Crippen molar-refractivity contribution in [2.24, 2.45) is 11.8 Å². The van der Waals surface area contributed by atoms with Crippen molar-refractivity contribution in [1.82, 2.24) is 0 Å². The lowest BCUT2D eigenvalue weighted by Crippen LogP contribution is -1.82. The summed E-state index contributed by atoms with van der Waals surface area (Å²) in [7, 11) is 0. The molecule has 0 aromatic heterocycles. The second kappa shape index (κ2) is 3.23. The van der Waals surface area contributed by atoms with E-state index in [2.05, 4.69) is 20.4 Å². The maximum atomic E-state index is 4.00.